The molecule has 0 bridgehead atoms. The number of fused-ring (bicyclic) bond motifs is 1. The lowest BCUT2D eigenvalue weighted by Crippen LogP contribution is -2.46. The Balaban J connectivity index is 0.00000192. The van der Waals surface area contributed by atoms with Crippen LogP contribution in [0.1, 0.15) is 43.4 Å². The highest BCUT2D eigenvalue weighted by Crippen LogP contribution is 2.22. The van der Waals surface area contributed by atoms with E-state index in [1.54, 1.807) is 0 Å². The molecule has 0 aliphatic carbocycles. The van der Waals surface area contributed by atoms with Gasteiger partial charge in [-0.05, 0) is 45.4 Å². The van der Waals surface area contributed by atoms with E-state index in [4.69, 9.17) is 4.74 Å². The molecule has 6 nitrogen and oxygen atoms in total. The first-order valence-electron chi connectivity index (χ1n) is 7.82. The Labute approximate surface area is 137 Å². The van der Waals surface area contributed by atoms with Gasteiger partial charge in [0, 0.05) is 18.8 Å². The zero-order valence-electron chi connectivity index (χ0n) is 13.1. The van der Waals surface area contributed by atoms with Crippen LogP contribution in [0.15, 0.2) is 18.3 Å². The standard InChI is InChI=1S/C16H22N4O2.CH4/c1-3-22-13-7-5-9-20-14(11(2)18-15(13)20)16(21)19-12-6-4-8-17-10-12;/h5,7,9,12,17H,3-4,6,8,10H2,1-2H3,(H,19,21);1H4/t12-;/m0./s1. The maximum absolute atomic E-state index is 12.6. The number of imidazole rings is 1. The maximum Gasteiger partial charge on any atom is 0.270 e. The number of piperidine rings is 1. The number of hydrogen-bond acceptors (Lipinski definition) is 4. The Kier molecular flexibility index (Phi) is 5.60. The maximum atomic E-state index is 12.6. The molecule has 0 saturated carbocycles. The highest BCUT2D eigenvalue weighted by Gasteiger charge is 2.22. The van der Waals surface area contributed by atoms with Crippen LogP contribution in [0.2, 0.25) is 0 Å². The number of nitrogens with zero attached hydrogens (tertiary/aromatic N) is 2. The van der Waals surface area contributed by atoms with Crippen molar-refractivity contribution < 1.29 is 9.53 Å². The molecule has 0 spiro atoms. The molecule has 2 aromatic rings. The molecule has 1 amide bonds. The summed E-state index contributed by atoms with van der Waals surface area (Å²) < 4.78 is 7.40. The van der Waals surface area contributed by atoms with E-state index in [1.165, 1.54) is 0 Å². The average Bonchev–Trinajstić information content (AvgIpc) is 2.86. The summed E-state index contributed by atoms with van der Waals surface area (Å²) in [7, 11) is 0. The first kappa shape index (κ1) is 17.3. The van der Waals surface area contributed by atoms with Crippen molar-refractivity contribution in [2.75, 3.05) is 19.7 Å². The van der Waals surface area contributed by atoms with Gasteiger partial charge in [0.25, 0.3) is 5.91 Å². The van der Waals surface area contributed by atoms with E-state index in [9.17, 15) is 4.79 Å². The number of rotatable bonds is 4. The summed E-state index contributed by atoms with van der Waals surface area (Å²) in [6.45, 7) is 6.21. The second-order valence-electron chi connectivity index (χ2n) is 5.56. The molecule has 126 valence electrons. The zero-order chi connectivity index (χ0) is 15.5. The van der Waals surface area contributed by atoms with Crippen molar-refractivity contribution in [1.82, 2.24) is 20.0 Å². The average molecular weight is 318 g/mol. The van der Waals surface area contributed by atoms with Crippen LogP contribution < -0.4 is 15.4 Å². The van der Waals surface area contributed by atoms with Crippen molar-refractivity contribution in [2.24, 2.45) is 0 Å². The first-order valence-corrected chi connectivity index (χ1v) is 7.82. The van der Waals surface area contributed by atoms with Crippen LogP contribution >= 0.6 is 0 Å². The molecule has 6 heteroatoms. The minimum Gasteiger partial charge on any atom is -0.490 e. The minimum atomic E-state index is -0.0765. The second-order valence-corrected chi connectivity index (χ2v) is 5.56. The number of amides is 1. The molecule has 23 heavy (non-hydrogen) atoms. The lowest BCUT2D eigenvalue weighted by molar-refractivity contribution is 0.0924. The number of carbonyl (C=O) groups excluding carboxylic acids is 1. The van der Waals surface area contributed by atoms with Gasteiger partial charge in [-0.25, -0.2) is 4.98 Å². The third kappa shape index (κ3) is 3.47. The highest BCUT2D eigenvalue weighted by molar-refractivity contribution is 5.95. The lowest BCUT2D eigenvalue weighted by atomic mass is 10.1. The van der Waals surface area contributed by atoms with E-state index < -0.39 is 0 Å². The van der Waals surface area contributed by atoms with Gasteiger partial charge in [-0.1, -0.05) is 7.43 Å². The second kappa shape index (κ2) is 7.46. The Morgan fingerprint density at radius 1 is 1.57 bits per heavy atom. The van der Waals surface area contributed by atoms with E-state index in [0.29, 0.717) is 29.4 Å². The van der Waals surface area contributed by atoms with Crippen molar-refractivity contribution in [3.8, 4) is 5.75 Å². The number of hydrogen-bond donors (Lipinski definition) is 2. The summed E-state index contributed by atoms with van der Waals surface area (Å²) in [6, 6.07) is 3.93. The number of pyridine rings is 1. The molecule has 1 fully saturated rings. The number of nitrogens with one attached hydrogen (secondary N) is 2. The molecule has 0 unspecified atom stereocenters. The topological polar surface area (TPSA) is 67.7 Å². The van der Waals surface area contributed by atoms with Crippen molar-refractivity contribution in [2.45, 2.75) is 40.2 Å². The normalized spacial score (nSPS) is 17.6. The smallest absolute Gasteiger partial charge is 0.270 e. The van der Waals surface area contributed by atoms with Crippen molar-refractivity contribution >= 4 is 11.6 Å². The van der Waals surface area contributed by atoms with Gasteiger partial charge in [0.15, 0.2) is 11.4 Å². The Morgan fingerprint density at radius 2 is 2.39 bits per heavy atom. The highest BCUT2D eigenvalue weighted by atomic mass is 16.5. The molecule has 1 saturated heterocycles. The minimum absolute atomic E-state index is 0. The molecule has 2 aromatic heterocycles. The fourth-order valence-electron chi connectivity index (χ4n) is 2.93. The summed E-state index contributed by atoms with van der Waals surface area (Å²) in [5.41, 5.74) is 1.99. The van der Waals surface area contributed by atoms with Gasteiger partial charge in [-0.15, -0.1) is 0 Å². The molecule has 1 atom stereocenters. The molecule has 3 heterocycles. The fourth-order valence-corrected chi connectivity index (χ4v) is 2.93. The number of carbonyl (C=O) groups is 1. The molecule has 1 aliphatic rings. The van der Waals surface area contributed by atoms with Gasteiger partial charge in [0.1, 0.15) is 5.69 Å². The van der Waals surface area contributed by atoms with Crippen molar-refractivity contribution in [3.63, 3.8) is 0 Å². The van der Waals surface area contributed by atoms with Crippen LogP contribution in [0.25, 0.3) is 5.65 Å². The molecular formula is C17H26N4O2. The molecule has 0 aromatic carbocycles. The van der Waals surface area contributed by atoms with Gasteiger partial charge >= 0.3 is 0 Å². The predicted octanol–water partition coefficient (Wildman–Crippen LogP) is 2.16. The quantitative estimate of drug-likeness (QED) is 0.906. The van der Waals surface area contributed by atoms with E-state index in [-0.39, 0.29) is 19.4 Å². The van der Waals surface area contributed by atoms with Crippen molar-refractivity contribution in [1.29, 1.82) is 0 Å². The molecule has 2 N–H and O–H groups in total. The molecule has 1 aliphatic heterocycles. The third-order valence-corrected chi connectivity index (χ3v) is 3.94. The fraction of sp³-hybridized carbons (Fsp3) is 0.529. The largest absolute Gasteiger partial charge is 0.490 e. The van der Waals surface area contributed by atoms with Gasteiger partial charge in [0.05, 0.1) is 12.3 Å². The van der Waals surface area contributed by atoms with Gasteiger partial charge in [-0.3, -0.25) is 9.20 Å². The van der Waals surface area contributed by atoms with E-state index in [0.717, 1.165) is 25.9 Å². The van der Waals surface area contributed by atoms with Gasteiger partial charge < -0.3 is 15.4 Å². The Bertz CT molecular complexity index is 675. The van der Waals surface area contributed by atoms with Crippen LogP contribution in [0.4, 0.5) is 0 Å². The monoisotopic (exact) mass is 318 g/mol. The molecule has 0 radical (unpaired) electrons. The zero-order valence-corrected chi connectivity index (χ0v) is 13.1. The summed E-state index contributed by atoms with van der Waals surface area (Å²) in [6.07, 6.45) is 3.95. The summed E-state index contributed by atoms with van der Waals surface area (Å²) in [4.78, 5) is 17.1. The number of aryl methyl sites for hydroxylation is 1. The number of aromatic nitrogens is 2. The first-order chi connectivity index (χ1) is 10.7. The molecular weight excluding hydrogens is 292 g/mol. The van der Waals surface area contributed by atoms with Crippen LogP contribution in [-0.2, 0) is 0 Å². The van der Waals surface area contributed by atoms with E-state index >= 15 is 0 Å². The van der Waals surface area contributed by atoms with Gasteiger partial charge in [-0.2, -0.15) is 0 Å². The van der Waals surface area contributed by atoms with Crippen molar-refractivity contribution in [3.05, 3.63) is 29.7 Å². The van der Waals surface area contributed by atoms with E-state index in [2.05, 4.69) is 15.6 Å². The van der Waals surface area contributed by atoms with Gasteiger partial charge in [0.2, 0.25) is 0 Å². The molecule has 3 rings (SSSR count). The predicted molar refractivity (Wildman–Crippen MR) is 91.2 cm³/mol. The van der Waals surface area contributed by atoms with Crippen LogP contribution in [-0.4, -0.2) is 41.0 Å². The number of ether oxygens (including phenoxy) is 1. The summed E-state index contributed by atoms with van der Waals surface area (Å²) in [5.74, 6) is 0.624. The third-order valence-electron chi connectivity index (χ3n) is 3.94. The summed E-state index contributed by atoms with van der Waals surface area (Å²) >= 11 is 0. The van der Waals surface area contributed by atoms with E-state index in [1.807, 2.05) is 36.6 Å². The Morgan fingerprint density at radius 3 is 3.09 bits per heavy atom. The summed E-state index contributed by atoms with van der Waals surface area (Å²) in [5, 5.41) is 6.41. The van der Waals surface area contributed by atoms with Crippen LogP contribution in [0.5, 0.6) is 5.75 Å². The lowest BCUT2D eigenvalue weighted by Gasteiger charge is -2.23. The van der Waals surface area contributed by atoms with Crippen LogP contribution in [0.3, 0.4) is 0 Å². The SMILES string of the molecule is C.CCOc1cccn2c(C(=O)N[C@H]3CCCNC3)c(C)nc12. The van der Waals surface area contributed by atoms with Crippen LogP contribution in [0, 0.1) is 6.92 Å². The Hall–Kier alpha value is -2.08.